The van der Waals surface area contributed by atoms with E-state index < -0.39 is 11.6 Å². The molecular formula is C11H13BrF2N2. The van der Waals surface area contributed by atoms with Gasteiger partial charge in [0.25, 0.3) is 0 Å². The molecule has 0 radical (unpaired) electrons. The first-order chi connectivity index (χ1) is 7.66. The second-order valence-corrected chi connectivity index (χ2v) is 4.85. The van der Waals surface area contributed by atoms with E-state index in [9.17, 15) is 8.78 Å². The van der Waals surface area contributed by atoms with Crippen LogP contribution in [0.25, 0.3) is 0 Å². The zero-order valence-electron chi connectivity index (χ0n) is 8.69. The molecule has 1 heterocycles. The van der Waals surface area contributed by atoms with E-state index in [2.05, 4.69) is 26.6 Å². The molecule has 1 unspecified atom stereocenters. The van der Waals surface area contributed by atoms with Gasteiger partial charge in [-0.2, -0.15) is 0 Å². The lowest BCUT2D eigenvalue weighted by atomic mass is 10.1. The first-order valence-corrected chi connectivity index (χ1v) is 6.08. The molecule has 2 N–H and O–H groups in total. The highest BCUT2D eigenvalue weighted by Gasteiger charge is 2.17. The molecule has 1 atom stereocenters. The third-order valence-electron chi connectivity index (χ3n) is 2.65. The molecule has 1 aliphatic rings. The van der Waals surface area contributed by atoms with Gasteiger partial charge in [-0.3, -0.25) is 0 Å². The van der Waals surface area contributed by atoms with Crippen LogP contribution in [0.3, 0.4) is 0 Å². The second-order valence-electron chi connectivity index (χ2n) is 3.93. The van der Waals surface area contributed by atoms with E-state index in [4.69, 9.17) is 0 Å². The van der Waals surface area contributed by atoms with E-state index in [1.54, 1.807) is 0 Å². The van der Waals surface area contributed by atoms with Crippen LogP contribution in [0.2, 0.25) is 0 Å². The van der Waals surface area contributed by atoms with E-state index in [0.29, 0.717) is 4.47 Å². The summed E-state index contributed by atoms with van der Waals surface area (Å²) >= 11 is 3.05. The molecule has 0 spiro atoms. The highest BCUT2D eigenvalue weighted by Crippen LogP contribution is 2.25. The Morgan fingerprint density at radius 3 is 2.56 bits per heavy atom. The van der Waals surface area contributed by atoms with Gasteiger partial charge in [0.15, 0.2) is 0 Å². The monoisotopic (exact) mass is 290 g/mol. The lowest BCUT2D eigenvalue weighted by molar-refractivity contribution is 0.474. The van der Waals surface area contributed by atoms with Crippen molar-refractivity contribution in [1.29, 1.82) is 0 Å². The Bertz CT molecular complexity index is 355. The van der Waals surface area contributed by atoms with E-state index >= 15 is 0 Å². The van der Waals surface area contributed by atoms with Crippen LogP contribution in [-0.2, 0) is 0 Å². The number of rotatable bonds is 2. The molecule has 2 rings (SSSR count). The number of piperidine rings is 1. The zero-order chi connectivity index (χ0) is 11.5. The standard InChI is InChI=1S/C11H13BrF2N2/c12-7-4-9(13)11(10(14)5-7)16-8-2-1-3-15-6-8/h4-5,8,15-16H,1-3,6H2. The molecule has 88 valence electrons. The fraction of sp³-hybridized carbons (Fsp3) is 0.455. The lowest BCUT2D eigenvalue weighted by Gasteiger charge is -2.25. The number of anilines is 1. The van der Waals surface area contributed by atoms with Crippen LogP contribution < -0.4 is 10.6 Å². The summed E-state index contributed by atoms with van der Waals surface area (Å²) in [5, 5.41) is 6.10. The molecule has 1 aromatic carbocycles. The quantitative estimate of drug-likeness (QED) is 0.875. The Kier molecular flexibility index (Phi) is 3.76. The molecular weight excluding hydrogens is 278 g/mol. The largest absolute Gasteiger partial charge is 0.376 e. The highest BCUT2D eigenvalue weighted by molar-refractivity contribution is 9.10. The van der Waals surface area contributed by atoms with E-state index in [1.807, 2.05) is 0 Å². The summed E-state index contributed by atoms with van der Waals surface area (Å²) in [5.74, 6) is -1.12. The van der Waals surface area contributed by atoms with Crippen LogP contribution in [0.1, 0.15) is 12.8 Å². The molecule has 0 bridgehead atoms. The number of halogens is 3. The summed E-state index contributed by atoms with van der Waals surface area (Å²) < 4.78 is 27.4. The van der Waals surface area contributed by atoms with Gasteiger partial charge in [0.2, 0.25) is 0 Å². The van der Waals surface area contributed by atoms with Gasteiger partial charge in [0.1, 0.15) is 17.3 Å². The van der Waals surface area contributed by atoms with E-state index in [-0.39, 0.29) is 11.7 Å². The lowest BCUT2D eigenvalue weighted by Crippen LogP contribution is -2.38. The SMILES string of the molecule is Fc1cc(Br)cc(F)c1NC1CCCNC1. The first kappa shape index (κ1) is 11.8. The van der Waals surface area contributed by atoms with Crippen molar-refractivity contribution in [1.82, 2.24) is 5.32 Å². The van der Waals surface area contributed by atoms with Crippen LogP contribution in [0, 0.1) is 11.6 Å². The summed E-state index contributed by atoms with van der Waals surface area (Å²) in [6.45, 7) is 1.72. The maximum atomic E-state index is 13.5. The normalized spacial score (nSPS) is 20.8. The Labute approximate surface area is 102 Å². The van der Waals surface area contributed by atoms with Crippen molar-refractivity contribution in [3.8, 4) is 0 Å². The van der Waals surface area contributed by atoms with Crippen LogP contribution in [0.4, 0.5) is 14.5 Å². The minimum Gasteiger partial charge on any atom is -0.376 e. The maximum absolute atomic E-state index is 13.5. The van der Waals surface area contributed by atoms with Crippen molar-refractivity contribution < 1.29 is 8.78 Å². The molecule has 5 heteroatoms. The Morgan fingerprint density at radius 1 is 1.31 bits per heavy atom. The van der Waals surface area contributed by atoms with Crippen LogP contribution in [-0.4, -0.2) is 19.1 Å². The number of nitrogens with one attached hydrogen (secondary N) is 2. The molecule has 1 aromatic rings. The number of hydrogen-bond donors (Lipinski definition) is 2. The van der Waals surface area contributed by atoms with E-state index in [0.717, 1.165) is 25.9 Å². The van der Waals surface area contributed by atoms with Gasteiger partial charge in [0, 0.05) is 17.1 Å². The fourth-order valence-electron chi connectivity index (χ4n) is 1.86. The van der Waals surface area contributed by atoms with Crippen molar-refractivity contribution in [2.24, 2.45) is 0 Å². The molecule has 1 saturated heterocycles. The first-order valence-electron chi connectivity index (χ1n) is 5.28. The fourth-order valence-corrected chi connectivity index (χ4v) is 2.26. The minimum atomic E-state index is -0.558. The van der Waals surface area contributed by atoms with Crippen LogP contribution in [0.15, 0.2) is 16.6 Å². The predicted molar refractivity (Wildman–Crippen MR) is 63.6 cm³/mol. The van der Waals surface area contributed by atoms with Gasteiger partial charge in [-0.1, -0.05) is 15.9 Å². The van der Waals surface area contributed by atoms with Crippen LogP contribution in [0.5, 0.6) is 0 Å². The summed E-state index contributed by atoms with van der Waals surface area (Å²) in [6.07, 6.45) is 1.96. The minimum absolute atomic E-state index is 0.0306. The van der Waals surface area contributed by atoms with Gasteiger partial charge < -0.3 is 10.6 Å². The smallest absolute Gasteiger partial charge is 0.150 e. The summed E-state index contributed by atoms with van der Waals surface area (Å²) in [7, 11) is 0. The average molecular weight is 291 g/mol. The molecule has 0 saturated carbocycles. The van der Waals surface area contributed by atoms with Crippen molar-refractivity contribution in [2.45, 2.75) is 18.9 Å². The van der Waals surface area contributed by atoms with Gasteiger partial charge in [-0.15, -0.1) is 0 Å². The summed E-state index contributed by atoms with van der Waals surface area (Å²) in [5.41, 5.74) is -0.0306. The molecule has 1 fully saturated rings. The topological polar surface area (TPSA) is 24.1 Å². The molecule has 0 amide bonds. The summed E-state index contributed by atoms with van der Waals surface area (Å²) in [6, 6.07) is 2.63. The molecule has 0 aromatic heterocycles. The molecule has 16 heavy (non-hydrogen) atoms. The van der Waals surface area contributed by atoms with Crippen molar-refractivity contribution >= 4 is 21.6 Å². The number of benzene rings is 1. The third-order valence-corrected chi connectivity index (χ3v) is 3.11. The molecule has 1 aliphatic heterocycles. The van der Waals surface area contributed by atoms with Crippen molar-refractivity contribution in [3.05, 3.63) is 28.2 Å². The summed E-state index contributed by atoms with van der Waals surface area (Å²) in [4.78, 5) is 0. The van der Waals surface area contributed by atoms with Gasteiger partial charge in [0.05, 0.1) is 0 Å². The van der Waals surface area contributed by atoms with Crippen molar-refractivity contribution in [2.75, 3.05) is 18.4 Å². The van der Waals surface area contributed by atoms with E-state index in [1.165, 1.54) is 12.1 Å². The van der Waals surface area contributed by atoms with Crippen molar-refractivity contribution in [3.63, 3.8) is 0 Å². The highest BCUT2D eigenvalue weighted by atomic mass is 79.9. The Balaban J connectivity index is 2.14. The van der Waals surface area contributed by atoms with Crippen LogP contribution >= 0.6 is 15.9 Å². The molecule has 2 nitrogen and oxygen atoms in total. The molecule has 0 aliphatic carbocycles. The Morgan fingerprint density at radius 2 is 2.00 bits per heavy atom. The second kappa shape index (κ2) is 5.10. The maximum Gasteiger partial charge on any atom is 0.150 e. The predicted octanol–water partition coefficient (Wildman–Crippen LogP) is 2.89. The van der Waals surface area contributed by atoms with Gasteiger partial charge in [-0.05, 0) is 31.5 Å². The van der Waals surface area contributed by atoms with Gasteiger partial charge in [-0.25, -0.2) is 8.78 Å². The Hall–Kier alpha value is -0.680. The van der Waals surface area contributed by atoms with Gasteiger partial charge >= 0.3 is 0 Å². The zero-order valence-corrected chi connectivity index (χ0v) is 10.3. The third kappa shape index (κ3) is 2.71. The average Bonchev–Trinajstić information content (AvgIpc) is 2.25. The number of hydrogen-bond acceptors (Lipinski definition) is 2.